The van der Waals surface area contributed by atoms with Crippen LogP contribution in [0.25, 0.3) is 0 Å². The van der Waals surface area contributed by atoms with Gasteiger partial charge in [-0.25, -0.2) is 0 Å². The molecule has 0 aliphatic carbocycles. The summed E-state index contributed by atoms with van der Waals surface area (Å²) >= 11 is 2.10. The molecule has 1 heterocycles. The molecule has 21 heavy (non-hydrogen) atoms. The Labute approximate surface area is 134 Å². The zero-order valence-electron chi connectivity index (χ0n) is 14.0. The monoisotopic (exact) mass is 306 g/mol. The van der Waals surface area contributed by atoms with Crippen LogP contribution in [0.4, 0.5) is 0 Å². The molecule has 1 N–H and O–H groups in total. The molecule has 1 saturated heterocycles. The fraction of sp³-hybridized carbons (Fsp3) is 0.667. The van der Waals surface area contributed by atoms with Crippen LogP contribution in [0.1, 0.15) is 38.8 Å². The Morgan fingerprint density at radius 1 is 1.24 bits per heavy atom. The Hall–Kier alpha value is -0.510. The minimum Gasteiger partial charge on any atom is -0.314 e. The highest BCUT2D eigenvalue weighted by Gasteiger charge is 2.27. The SMILES string of the molecule is CC(C)NCCc1ccccc1CN1CCSC(C)(C)C1. The molecule has 1 aromatic rings. The molecule has 0 bridgehead atoms. The highest BCUT2D eigenvalue weighted by Crippen LogP contribution is 2.30. The quantitative estimate of drug-likeness (QED) is 0.865. The van der Waals surface area contributed by atoms with Gasteiger partial charge in [-0.3, -0.25) is 4.90 Å². The third-order valence-corrected chi connectivity index (χ3v) is 5.26. The van der Waals surface area contributed by atoms with Crippen molar-refractivity contribution in [2.45, 2.75) is 51.4 Å². The van der Waals surface area contributed by atoms with E-state index in [0.717, 1.165) is 19.5 Å². The van der Waals surface area contributed by atoms with Gasteiger partial charge in [0.25, 0.3) is 0 Å². The maximum absolute atomic E-state index is 3.52. The lowest BCUT2D eigenvalue weighted by Crippen LogP contribution is -2.42. The molecule has 1 aliphatic rings. The Morgan fingerprint density at radius 3 is 2.62 bits per heavy atom. The molecule has 2 rings (SSSR count). The van der Waals surface area contributed by atoms with E-state index in [1.54, 1.807) is 0 Å². The zero-order chi connectivity index (χ0) is 15.3. The Kier molecular flexibility index (Phi) is 6.15. The van der Waals surface area contributed by atoms with Gasteiger partial charge in [0.15, 0.2) is 0 Å². The highest BCUT2D eigenvalue weighted by atomic mass is 32.2. The zero-order valence-corrected chi connectivity index (χ0v) is 14.8. The normalized spacial score (nSPS) is 19.1. The molecule has 1 fully saturated rings. The number of hydrogen-bond acceptors (Lipinski definition) is 3. The van der Waals surface area contributed by atoms with E-state index < -0.39 is 0 Å². The summed E-state index contributed by atoms with van der Waals surface area (Å²) in [6.45, 7) is 13.7. The van der Waals surface area contributed by atoms with Gasteiger partial charge in [0.1, 0.15) is 0 Å². The van der Waals surface area contributed by atoms with Crippen molar-refractivity contribution < 1.29 is 0 Å². The molecule has 118 valence electrons. The summed E-state index contributed by atoms with van der Waals surface area (Å²) in [5.74, 6) is 1.25. The lowest BCUT2D eigenvalue weighted by atomic mass is 10.0. The summed E-state index contributed by atoms with van der Waals surface area (Å²) in [4.78, 5) is 2.62. The smallest absolute Gasteiger partial charge is 0.0237 e. The highest BCUT2D eigenvalue weighted by molar-refractivity contribution is 8.00. The average molecular weight is 307 g/mol. The van der Waals surface area contributed by atoms with Gasteiger partial charge in [-0.2, -0.15) is 11.8 Å². The number of nitrogens with zero attached hydrogens (tertiary/aromatic N) is 1. The maximum atomic E-state index is 3.52. The number of thioether (sulfide) groups is 1. The first kappa shape index (κ1) is 16.9. The third kappa shape index (κ3) is 5.65. The van der Waals surface area contributed by atoms with E-state index in [1.165, 1.54) is 30.0 Å². The van der Waals surface area contributed by atoms with Crippen LogP contribution in [-0.4, -0.2) is 41.1 Å². The minimum atomic E-state index is 0.395. The lowest BCUT2D eigenvalue weighted by Gasteiger charge is -2.37. The Balaban J connectivity index is 1.96. The van der Waals surface area contributed by atoms with Crippen molar-refractivity contribution in [2.75, 3.05) is 25.4 Å². The standard InChI is InChI=1S/C18H30N2S/c1-15(2)19-10-9-16-7-5-6-8-17(16)13-20-11-12-21-18(3,4)14-20/h5-8,15,19H,9-14H2,1-4H3. The number of nitrogens with one attached hydrogen (secondary N) is 1. The summed E-state index contributed by atoms with van der Waals surface area (Å²) in [7, 11) is 0. The minimum absolute atomic E-state index is 0.395. The third-order valence-electron chi connectivity index (χ3n) is 3.96. The van der Waals surface area contributed by atoms with Crippen molar-refractivity contribution >= 4 is 11.8 Å². The van der Waals surface area contributed by atoms with Crippen molar-refractivity contribution in [1.29, 1.82) is 0 Å². The molecule has 1 aliphatic heterocycles. The summed E-state index contributed by atoms with van der Waals surface area (Å²) in [6.07, 6.45) is 1.13. The predicted octanol–water partition coefficient (Wildman–Crippen LogP) is 3.55. The Bertz CT molecular complexity index is 443. The molecule has 0 spiro atoms. The first-order chi connectivity index (χ1) is 9.96. The second-order valence-electron chi connectivity index (χ2n) is 6.95. The van der Waals surface area contributed by atoms with Crippen LogP contribution < -0.4 is 5.32 Å². The number of rotatable bonds is 6. The number of hydrogen-bond donors (Lipinski definition) is 1. The van der Waals surface area contributed by atoms with Crippen LogP contribution in [0.5, 0.6) is 0 Å². The van der Waals surface area contributed by atoms with Crippen molar-refractivity contribution in [3.05, 3.63) is 35.4 Å². The fourth-order valence-corrected chi connectivity index (χ4v) is 4.12. The van der Waals surface area contributed by atoms with E-state index in [4.69, 9.17) is 0 Å². The van der Waals surface area contributed by atoms with Crippen molar-refractivity contribution in [2.24, 2.45) is 0 Å². The molecular formula is C18H30N2S. The largest absolute Gasteiger partial charge is 0.314 e. The van der Waals surface area contributed by atoms with E-state index in [9.17, 15) is 0 Å². The Morgan fingerprint density at radius 2 is 1.95 bits per heavy atom. The number of benzene rings is 1. The van der Waals surface area contributed by atoms with Gasteiger partial charge in [0.05, 0.1) is 0 Å². The average Bonchev–Trinajstić information content (AvgIpc) is 2.39. The molecule has 2 nitrogen and oxygen atoms in total. The fourth-order valence-electron chi connectivity index (χ4n) is 2.94. The second-order valence-corrected chi connectivity index (χ2v) is 8.75. The van der Waals surface area contributed by atoms with Crippen molar-refractivity contribution in [1.82, 2.24) is 10.2 Å². The van der Waals surface area contributed by atoms with Crippen molar-refractivity contribution in [3.8, 4) is 0 Å². The lowest BCUT2D eigenvalue weighted by molar-refractivity contribution is 0.252. The maximum Gasteiger partial charge on any atom is 0.0237 e. The first-order valence-corrected chi connectivity index (χ1v) is 9.11. The predicted molar refractivity (Wildman–Crippen MR) is 95.1 cm³/mol. The molecule has 3 heteroatoms. The summed E-state index contributed by atoms with van der Waals surface area (Å²) in [5, 5.41) is 3.52. The van der Waals surface area contributed by atoms with Crippen LogP contribution in [0.15, 0.2) is 24.3 Å². The summed E-state index contributed by atoms with van der Waals surface area (Å²) in [5.41, 5.74) is 3.01. The van der Waals surface area contributed by atoms with E-state index in [0.29, 0.717) is 10.8 Å². The molecule has 0 aromatic heterocycles. The van der Waals surface area contributed by atoms with Gasteiger partial charge in [0.2, 0.25) is 0 Å². The van der Waals surface area contributed by atoms with Crippen LogP contribution in [0.3, 0.4) is 0 Å². The van der Waals surface area contributed by atoms with Crippen LogP contribution in [0, 0.1) is 0 Å². The van der Waals surface area contributed by atoms with Gasteiger partial charge < -0.3 is 5.32 Å². The van der Waals surface area contributed by atoms with Crippen LogP contribution in [-0.2, 0) is 13.0 Å². The van der Waals surface area contributed by atoms with E-state index >= 15 is 0 Å². The summed E-state index contributed by atoms with van der Waals surface area (Å²) < 4.78 is 0.395. The van der Waals surface area contributed by atoms with Crippen LogP contribution >= 0.6 is 11.8 Å². The first-order valence-electron chi connectivity index (χ1n) is 8.13. The van der Waals surface area contributed by atoms with E-state index in [1.807, 2.05) is 0 Å². The van der Waals surface area contributed by atoms with Gasteiger partial charge in [-0.15, -0.1) is 0 Å². The second kappa shape index (κ2) is 7.66. The molecule has 0 atom stereocenters. The molecule has 0 unspecified atom stereocenters. The van der Waals surface area contributed by atoms with Gasteiger partial charge >= 0.3 is 0 Å². The summed E-state index contributed by atoms with van der Waals surface area (Å²) in [6, 6.07) is 9.51. The topological polar surface area (TPSA) is 15.3 Å². The van der Waals surface area contributed by atoms with Gasteiger partial charge in [0, 0.05) is 36.2 Å². The van der Waals surface area contributed by atoms with E-state index in [2.05, 4.69) is 73.9 Å². The molecular weight excluding hydrogens is 276 g/mol. The molecule has 1 aromatic carbocycles. The molecule has 0 saturated carbocycles. The van der Waals surface area contributed by atoms with Gasteiger partial charge in [-0.1, -0.05) is 38.1 Å². The van der Waals surface area contributed by atoms with Gasteiger partial charge in [-0.05, 0) is 37.9 Å². The van der Waals surface area contributed by atoms with E-state index in [-0.39, 0.29) is 0 Å². The molecule has 0 radical (unpaired) electrons. The van der Waals surface area contributed by atoms with Crippen molar-refractivity contribution in [3.63, 3.8) is 0 Å². The molecule has 0 amide bonds. The van der Waals surface area contributed by atoms with Crippen LogP contribution in [0.2, 0.25) is 0 Å².